The van der Waals surface area contributed by atoms with Gasteiger partial charge in [-0.3, -0.25) is 4.79 Å². The van der Waals surface area contributed by atoms with Gasteiger partial charge < -0.3 is 15.5 Å². The molecule has 3 N–H and O–H groups in total. The zero-order valence-corrected chi connectivity index (χ0v) is 11.9. The number of amides is 1. The van der Waals surface area contributed by atoms with E-state index in [4.69, 9.17) is 11.6 Å². The van der Waals surface area contributed by atoms with Gasteiger partial charge in [-0.15, -0.1) is 0 Å². The van der Waals surface area contributed by atoms with E-state index < -0.39 is 5.91 Å². The van der Waals surface area contributed by atoms with Gasteiger partial charge in [0, 0.05) is 15.1 Å². The monoisotopic (exact) mass is 341 g/mol. The zero-order chi connectivity index (χ0) is 14.0. The van der Waals surface area contributed by atoms with E-state index in [-0.39, 0.29) is 17.1 Å². The highest BCUT2D eigenvalue weighted by molar-refractivity contribution is 9.10. The van der Waals surface area contributed by atoms with Crippen LogP contribution in [0.15, 0.2) is 40.9 Å². The molecule has 0 aromatic heterocycles. The van der Waals surface area contributed by atoms with Gasteiger partial charge in [-0.25, -0.2) is 0 Å². The largest absolute Gasteiger partial charge is 0.504 e. The summed E-state index contributed by atoms with van der Waals surface area (Å²) < 4.78 is 0.649. The summed E-state index contributed by atoms with van der Waals surface area (Å²) >= 11 is 9.09. The first-order valence-electron chi connectivity index (χ1n) is 5.26. The van der Waals surface area contributed by atoms with Crippen molar-refractivity contribution in [2.75, 3.05) is 5.32 Å². The first-order chi connectivity index (χ1) is 8.97. The molecular weight excluding hydrogens is 334 g/mol. The van der Waals surface area contributed by atoms with Crippen LogP contribution in [0.5, 0.6) is 11.5 Å². The van der Waals surface area contributed by atoms with Crippen LogP contribution in [0.2, 0.25) is 5.02 Å². The van der Waals surface area contributed by atoms with E-state index in [1.165, 1.54) is 18.2 Å². The molecule has 0 radical (unpaired) electrons. The first kappa shape index (κ1) is 13.7. The molecule has 0 fully saturated rings. The van der Waals surface area contributed by atoms with Gasteiger partial charge in [-0.05, 0) is 52.3 Å². The molecule has 0 heterocycles. The molecular formula is C13H9BrClNO3. The molecule has 1 amide bonds. The minimum Gasteiger partial charge on any atom is -0.504 e. The summed E-state index contributed by atoms with van der Waals surface area (Å²) in [6.45, 7) is 0. The minimum absolute atomic E-state index is 0.233. The van der Waals surface area contributed by atoms with Crippen LogP contribution in [0.1, 0.15) is 10.4 Å². The van der Waals surface area contributed by atoms with E-state index in [1.807, 2.05) is 0 Å². The second kappa shape index (κ2) is 5.50. The van der Waals surface area contributed by atoms with Crippen LogP contribution in [0.3, 0.4) is 0 Å². The van der Waals surface area contributed by atoms with Crippen molar-refractivity contribution < 1.29 is 15.0 Å². The van der Waals surface area contributed by atoms with E-state index in [1.54, 1.807) is 18.2 Å². The maximum absolute atomic E-state index is 12.0. The van der Waals surface area contributed by atoms with Crippen LogP contribution < -0.4 is 5.32 Å². The number of carbonyl (C=O) groups is 1. The number of aromatic hydroxyl groups is 2. The number of phenols is 2. The third-order valence-corrected chi connectivity index (χ3v) is 3.31. The third-order valence-electron chi connectivity index (χ3n) is 2.42. The Kier molecular flexibility index (Phi) is 3.97. The summed E-state index contributed by atoms with van der Waals surface area (Å²) in [4.78, 5) is 12.0. The second-order valence-electron chi connectivity index (χ2n) is 3.78. The van der Waals surface area contributed by atoms with E-state index >= 15 is 0 Å². The fourth-order valence-electron chi connectivity index (χ4n) is 1.45. The van der Waals surface area contributed by atoms with E-state index in [9.17, 15) is 15.0 Å². The lowest BCUT2D eigenvalue weighted by molar-refractivity contribution is 0.102. The lowest BCUT2D eigenvalue weighted by Crippen LogP contribution is -2.12. The number of rotatable bonds is 2. The first-order valence-corrected chi connectivity index (χ1v) is 6.43. The van der Waals surface area contributed by atoms with Crippen LogP contribution in [0, 0.1) is 0 Å². The highest BCUT2D eigenvalue weighted by Gasteiger charge is 2.10. The number of carbonyl (C=O) groups excluding carboxylic acids is 1. The second-order valence-corrected chi connectivity index (χ2v) is 5.07. The van der Waals surface area contributed by atoms with Gasteiger partial charge >= 0.3 is 0 Å². The number of anilines is 1. The molecule has 2 aromatic carbocycles. The highest BCUT2D eigenvalue weighted by atomic mass is 79.9. The Morgan fingerprint density at radius 2 is 1.84 bits per heavy atom. The van der Waals surface area contributed by atoms with Gasteiger partial charge in [-0.2, -0.15) is 0 Å². The summed E-state index contributed by atoms with van der Waals surface area (Å²) in [5.41, 5.74) is 0.791. The molecule has 2 rings (SSSR count). The van der Waals surface area contributed by atoms with Crippen LogP contribution in [0.25, 0.3) is 0 Å². The van der Waals surface area contributed by atoms with Gasteiger partial charge in [-0.1, -0.05) is 11.6 Å². The molecule has 0 saturated heterocycles. The van der Waals surface area contributed by atoms with Crippen LogP contribution in [-0.4, -0.2) is 16.1 Å². The van der Waals surface area contributed by atoms with Crippen molar-refractivity contribution in [2.24, 2.45) is 0 Å². The van der Waals surface area contributed by atoms with Crippen molar-refractivity contribution in [1.82, 2.24) is 0 Å². The Morgan fingerprint density at radius 3 is 2.47 bits per heavy atom. The molecule has 4 nitrogen and oxygen atoms in total. The maximum atomic E-state index is 12.0. The van der Waals surface area contributed by atoms with Crippen LogP contribution in [-0.2, 0) is 0 Å². The van der Waals surface area contributed by atoms with Gasteiger partial charge in [0.25, 0.3) is 5.91 Å². The Morgan fingerprint density at radius 1 is 1.11 bits per heavy atom. The molecule has 0 atom stereocenters. The smallest absolute Gasteiger partial charge is 0.255 e. The lowest BCUT2D eigenvalue weighted by atomic mass is 10.2. The number of phenolic OH excluding ortho intramolecular Hbond substituents is 2. The average molecular weight is 343 g/mol. The Balaban J connectivity index is 2.23. The summed E-state index contributed by atoms with van der Waals surface area (Å²) in [5.74, 6) is -1.02. The number of halogens is 2. The van der Waals surface area contributed by atoms with E-state index in [2.05, 4.69) is 21.2 Å². The van der Waals surface area contributed by atoms with Gasteiger partial charge in [0.1, 0.15) is 0 Å². The molecule has 0 aliphatic rings. The average Bonchev–Trinajstić information content (AvgIpc) is 2.36. The third kappa shape index (κ3) is 3.19. The molecule has 0 aliphatic carbocycles. The molecule has 6 heteroatoms. The highest BCUT2D eigenvalue weighted by Crippen LogP contribution is 2.28. The summed E-state index contributed by atoms with van der Waals surface area (Å²) in [6, 6.07) is 8.82. The fourth-order valence-corrected chi connectivity index (χ4v) is 2.23. The van der Waals surface area contributed by atoms with Crippen molar-refractivity contribution in [2.45, 2.75) is 0 Å². The molecule has 0 unspecified atom stereocenters. The van der Waals surface area contributed by atoms with Crippen molar-refractivity contribution in [1.29, 1.82) is 0 Å². The minimum atomic E-state index is -0.404. The number of hydrogen-bond acceptors (Lipinski definition) is 3. The van der Waals surface area contributed by atoms with E-state index in [0.717, 1.165) is 0 Å². The molecule has 0 bridgehead atoms. The standard InChI is InChI=1S/C13H9BrClNO3/c14-9-6-8(15)2-3-10(9)16-13(19)7-1-4-11(17)12(18)5-7/h1-6,17-18H,(H,16,19). The summed E-state index contributed by atoms with van der Waals surface area (Å²) in [6.07, 6.45) is 0. The Labute approximate surface area is 122 Å². The molecule has 0 aliphatic heterocycles. The molecule has 2 aromatic rings. The quantitative estimate of drug-likeness (QED) is 0.728. The van der Waals surface area contributed by atoms with Crippen molar-refractivity contribution in [3.63, 3.8) is 0 Å². The summed E-state index contributed by atoms with van der Waals surface area (Å²) in [7, 11) is 0. The van der Waals surface area contributed by atoms with E-state index in [0.29, 0.717) is 15.2 Å². The van der Waals surface area contributed by atoms with Crippen molar-refractivity contribution >= 4 is 39.1 Å². The Hall–Kier alpha value is -1.72. The molecule has 98 valence electrons. The number of hydrogen-bond donors (Lipinski definition) is 3. The normalized spacial score (nSPS) is 10.2. The Bertz CT molecular complexity index is 646. The maximum Gasteiger partial charge on any atom is 0.255 e. The predicted octanol–water partition coefficient (Wildman–Crippen LogP) is 3.77. The molecule has 0 spiro atoms. The molecule has 19 heavy (non-hydrogen) atoms. The topological polar surface area (TPSA) is 69.6 Å². The van der Waals surface area contributed by atoms with Gasteiger partial charge in [0.05, 0.1) is 5.69 Å². The fraction of sp³-hybridized carbons (Fsp3) is 0. The van der Waals surface area contributed by atoms with Gasteiger partial charge in [0.2, 0.25) is 0 Å². The van der Waals surface area contributed by atoms with Gasteiger partial charge in [0.15, 0.2) is 11.5 Å². The molecule has 0 saturated carbocycles. The van der Waals surface area contributed by atoms with Crippen LogP contribution in [0.4, 0.5) is 5.69 Å². The van der Waals surface area contributed by atoms with Crippen molar-refractivity contribution in [3.05, 3.63) is 51.5 Å². The van der Waals surface area contributed by atoms with Crippen molar-refractivity contribution in [3.8, 4) is 11.5 Å². The zero-order valence-electron chi connectivity index (χ0n) is 9.52. The lowest BCUT2D eigenvalue weighted by Gasteiger charge is -2.08. The number of benzene rings is 2. The summed E-state index contributed by atoms with van der Waals surface area (Å²) in [5, 5.41) is 21.7. The SMILES string of the molecule is O=C(Nc1ccc(Cl)cc1Br)c1ccc(O)c(O)c1. The van der Waals surface area contributed by atoms with Crippen LogP contribution >= 0.6 is 27.5 Å². The number of nitrogens with one attached hydrogen (secondary N) is 1. The predicted molar refractivity (Wildman–Crippen MR) is 76.9 cm³/mol.